The van der Waals surface area contributed by atoms with E-state index in [2.05, 4.69) is 16.0 Å². The Kier molecular flexibility index (Phi) is 13.2. The molecule has 16 heteroatoms. The zero-order valence-corrected chi connectivity index (χ0v) is 18.7. The van der Waals surface area contributed by atoms with Gasteiger partial charge in [0.05, 0.1) is 13.0 Å². The molecule has 0 aliphatic rings. The largest absolute Gasteiger partial charge is 0.490 e. The Morgan fingerprint density at radius 3 is 1.83 bits per heavy atom. The molecule has 3 atom stereocenters. The maximum absolute atomic E-state index is 12.6. The molecule has 1 aromatic rings. The molecule has 0 heterocycles. The van der Waals surface area contributed by atoms with Crippen LogP contribution in [0.5, 0.6) is 0 Å². The number of hydrogen-bond donors (Lipinski definition) is 7. The van der Waals surface area contributed by atoms with E-state index < -0.39 is 66.4 Å². The van der Waals surface area contributed by atoms with Crippen LogP contribution in [0.15, 0.2) is 30.3 Å². The highest BCUT2D eigenvalue weighted by Gasteiger charge is 2.38. The van der Waals surface area contributed by atoms with Gasteiger partial charge in [-0.15, -0.1) is 0 Å². The minimum absolute atomic E-state index is 0.142. The molecule has 0 fully saturated rings. The van der Waals surface area contributed by atoms with Crippen molar-refractivity contribution in [2.75, 3.05) is 6.54 Å². The van der Waals surface area contributed by atoms with Crippen molar-refractivity contribution in [2.24, 2.45) is 5.73 Å². The van der Waals surface area contributed by atoms with Crippen LogP contribution in [0.25, 0.3) is 0 Å². The first-order valence-electron chi connectivity index (χ1n) is 9.97. The summed E-state index contributed by atoms with van der Waals surface area (Å²) in [6.45, 7) is 0.974. The van der Waals surface area contributed by atoms with Gasteiger partial charge in [-0.2, -0.15) is 13.2 Å². The van der Waals surface area contributed by atoms with E-state index in [0.717, 1.165) is 5.56 Å². The second kappa shape index (κ2) is 14.9. The molecule has 1 aromatic carbocycles. The van der Waals surface area contributed by atoms with Crippen molar-refractivity contribution in [2.45, 2.75) is 44.1 Å². The smallest absolute Gasteiger partial charge is 0.481 e. The molecule has 0 aliphatic heterocycles. The van der Waals surface area contributed by atoms with Crippen LogP contribution in [-0.2, 0) is 35.2 Å². The topological polar surface area (TPSA) is 225 Å². The lowest BCUT2D eigenvalue weighted by Crippen LogP contribution is -2.56. The number of carbonyl (C=O) groups is 6. The molecule has 0 bridgehead atoms. The number of benzene rings is 1. The fourth-order valence-corrected chi connectivity index (χ4v) is 2.36. The molecule has 0 unspecified atom stereocenters. The van der Waals surface area contributed by atoms with E-state index in [1.54, 1.807) is 30.3 Å². The maximum atomic E-state index is 12.6. The highest BCUT2D eigenvalue weighted by molar-refractivity contribution is 5.94. The summed E-state index contributed by atoms with van der Waals surface area (Å²) in [4.78, 5) is 67.0. The normalized spacial score (nSPS) is 13.0. The third kappa shape index (κ3) is 12.9. The van der Waals surface area contributed by atoms with Gasteiger partial charge in [0.2, 0.25) is 17.7 Å². The number of halogens is 3. The minimum Gasteiger partial charge on any atom is -0.481 e. The predicted molar refractivity (Wildman–Crippen MR) is 114 cm³/mol. The van der Waals surface area contributed by atoms with E-state index >= 15 is 0 Å². The molecule has 200 valence electrons. The van der Waals surface area contributed by atoms with Crippen LogP contribution in [0.2, 0.25) is 0 Å². The first kappa shape index (κ1) is 31.8. The Balaban J connectivity index is 0.00000152. The number of amides is 3. The first-order valence-corrected chi connectivity index (χ1v) is 9.97. The van der Waals surface area contributed by atoms with E-state index in [1.807, 2.05) is 0 Å². The van der Waals surface area contributed by atoms with Crippen molar-refractivity contribution >= 4 is 35.6 Å². The third-order valence-electron chi connectivity index (χ3n) is 4.11. The van der Waals surface area contributed by atoms with Crippen LogP contribution in [0.3, 0.4) is 0 Å². The number of rotatable bonds is 11. The zero-order valence-electron chi connectivity index (χ0n) is 18.7. The molecule has 36 heavy (non-hydrogen) atoms. The molecule has 0 aromatic heterocycles. The Hall–Kier alpha value is -4.21. The van der Waals surface area contributed by atoms with Crippen LogP contribution in [0.4, 0.5) is 13.2 Å². The van der Waals surface area contributed by atoms with Crippen LogP contribution in [0.1, 0.15) is 18.9 Å². The summed E-state index contributed by atoms with van der Waals surface area (Å²) >= 11 is 0. The van der Waals surface area contributed by atoms with Gasteiger partial charge in [-0.3, -0.25) is 19.2 Å². The van der Waals surface area contributed by atoms with Crippen LogP contribution in [0, 0.1) is 0 Å². The highest BCUT2D eigenvalue weighted by atomic mass is 19.4. The Morgan fingerprint density at radius 1 is 0.889 bits per heavy atom. The number of nitrogens with one attached hydrogen (secondary N) is 3. The standard InChI is InChI=1S/C18H24N4O7.C2HF3O2/c1-10(16(26)22-13(18(28)29)8-15(24)25)20-17(27)12(21-14(23)9-19)7-11-5-3-2-4-6-11;3-2(4,5)1(6)7/h2-6,10,12-13H,7-9,19H2,1H3,(H,20,27)(H,21,23)(H,22,26)(H,24,25)(H,28,29);(H,6,7)/t10-,12+,13-;/m0./s1. The van der Waals surface area contributed by atoms with Gasteiger partial charge >= 0.3 is 24.1 Å². The van der Waals surface area contributed by atoms with Crippen molar-refractivity contribution in [3.05, 3.63) is 35.9 Å². The zero-order chi connectivity index (χ0) is 28.1. The molecule has 3 amide bonds. The average molecular weight is 522 g/mol. The van der Waals surface area contributed by atoms with Crippen molar-refractivity contribution < 1.29 is 57.3 Å². The minimum atomic E-state index is -5.08. The number of alkyl halides is 3. The molecule has 0 aliphatic carbocycles. The lowest BCUT2D eigenvalue weighted by Gasteiger charge is -2.22. The van der Waals surface area contributed by atoms with Crippen LogP contribution < -0.4 is 21.7 Å². The van der Waals surface area contributed by atoms with Gasteiger partial charge in [-0.25, -0.2) is 9.59 Å². The van der Waals surface area contributed by atoms with Crippen molar-refractivity contribution in [3.8, 4) is 0 Å². The van der Waals surface area contributed by atoms with Crippen LogP contribution >= 0.6 is 0 Å². The number of aliphatic carboxylic acids is 3. The molecule has 0 saturated heterocycles. The number of carbonyl (C=O) groups excluding carboxylic acids is 3. The molecular weight excluding hydrogens is 497 g/mol. The fourth-order valence-electron chi connectivity index (χ4n) is 2.36. The molecule has 0 radical (unpaired) electrons. The summed E-state index contributed by atoms with van der Waals surface area (Å²) in [6, 6.07) is 5.00. The summed E-state index contributed by atoms with van der Waals surface area (Å²) in [5.74, 6) is -7.80. The molecule has 0 saturated carbocycles. The summed E-state index contributed by atoms with van der Waals surface area (Å²) in [5.41, 5.74) is 6.03. The monoisotopic (exact) mass is 522 g/mol. The van der Waals surface area contributed by atoms with Gasteiger partial charge in [0.15, 0.2) is 0 Å². The second-order valence-electron chi connectivity index (χ2n) is 7.04. The number of carboxylic acids is 3. The Labute approximate surface area is 201 Å². The van der Waals surface area contributed by atoms with Gasteiger partial charge < -0.3 is 37.0 Å². The number of hydrogen-bond acceptors (Lipinski definition) is 7. The number of carboxylic acid groups (broad SMARTS) is 3. The predicted octanol–water partition coefficient (Wildman–Crippen LogP) is -1.15. The van der Waals surface area contributed by atoms with Crippen molar-refractivity contribution in [3.63, 3.8) is 0 Å². The van der Waals surface area contributed by atoms with E-state index in [9.17, 15) is 37.1 Å². The summed E-state index contributed by atoms with van der Waals surface area (Å²) < 4.78 is 31.7. The van der Waals surface area contributed by atoms with E-state index in [-0.39, 0.29) is 13.0 Å². The van der Waals surface area contributed by atoms with E-state index in [1.165, 1.54) is 6.92 Å². The van der Waals surface area contributed by atoms with Gasteiger partial charge in [0, 0.05) is 6.42 Å². The third-order valence-corrected chi connectivity index (χ3v) is 4.11. The fraction of sp³-hybridized carbons (Fsp3) is 0.400. The second-order valence-corrected chi connectivity index (χ2v) is 7.04. The van der Waals surface area contributed by atoms with Crippen molar-refractivity contribution in [1.82, 2.24) is 16.0 Å². The Bertz CT molecular complexity index is 942. The average Bonchev–Trinajstić information content (AvgIpc) is 2.77. The van der Waals surface area contributed by atoms with E-state index in [4.69, 9.17) is 25.8 Å². The molecule has 13 nitrogen and oxygen atoms in total. The van der Waals surface area contributed by atoms with Gasteiger partial charge in [0.1, 0.15) is 18.1 Å². The SMILES string of the molecule is C[C@H](NC(=O)[C@@H](Cc1ccccc1)NC(=O)CN)C(=O)N[C@@H](CC(=O)O)C(=O)O.O=C(O)C(F)(F)F. The molecule has 8 N–H and O–H groups in total. The summed E-state index contributed by atoms with van der Waals surface area (Å²) in [6.07, 6.45) is -5.76. The molecule has 0 spiro atoms. The van der Waals surface area contributed by atoms with E-state index in [0.29, 0.717) is 0 Å². The first-order chi connectivity index (χ1) is 16.6. The van der Waals surface area contributed by atoms with Gasteiger partial charge in [0.25, 0.3) is 0 Å². The van der Waals surface area contributed by atoms with Crippen molar-refractivity contribution in [1.29, 1.82) is 0 Å². The van der Waals surface area contributed by atoms with Crippen LogP contribution in [-0.4, -0.2) is 81.8 Å². The summed E-state index contributed by atoms with van der Waals surface area (Å²) in [5, 5.41) is 31.7. The summed E-state index contributed by atoms with van der Waals surface area (Å²) in [7, 11) is 0. The quantitative estimate of drug-likeness (QED) is 0.185. The highest BCUT2D eigenvalue weighted by Crippen LogP contribution is 2.13. The molecular formula is C20H25F3N4O9. The maximum Gasteiger partial charge on any atom is 0.490 e. The lowest BCUT2D eigenvalue weighted by molar-refractivity contribution is -0.192. The van der Waals surface area contributed by atoms with Gasteiger partial charge in [-0.05, 0) is 12.5 Å². The number of nitrogens with two attached hydrogens (primary N) is 1. The lowest BCUT2D eigenvalue weighted by atomic mass is 10.0. The molecule has 1 rings (SSSR count). The van der Waals surface area contributed by atoms with Gasteiger partial charge in [-0.1, -0.05) is 30.3 Å². The Morgan fingerprint density at radius 2 is 1.42 bits per heavy atom.